The fourth-order valence-electron chi connectivity index (χ4n) is 2.94. The topological polar surface area (TPSA) is 47.6 Å². The van der Waals surface area contributed by atoms with Crippen molar-refractivity contribution in [1.29, 1.82) is 0 Å². The minimum atomic E-state index is -0.474. The highest BCUT2D eigenvalue weighted by molar-refractivity contribution is 9.09. The van der Waals surface area contributed by atoms with Crippen LogP contribution < -0.4 is 5.32 Å². The van der Waals surface area contributed by atoms with Crippen LogP contribution in [0.1, 0.15) is 71.3 Å². The molecule has 0 heterocycles. The van der Waals surface area contributed by atoms with Crippen molar-refractivity contribution >= 4 is 22.0 Å². The second-order valence-corrected chi connectivity index (χ2v) is 9.14. The number of alkyl halides is 1. The van der Waals surface area contributed by atoms with Crippen molar-refractivity contribution in [2.24, 2.45) is 5.92 Å². The van der Waals surface area contributed by atoms with Crippen LogP contribution in [0.2, 0.25) is 0 Å². The molecule has 1 atom stereocenters. The first kappa shape index (κ1) is 25.0. The summed E-state index contributed by atoms with van der Waals surface area (Å²) < 4.78 is 11.3. The standard InChI is InChI=1S/C23H38BrNO3/c1-23(2,3)28-22(26)25-17-21(15-9-6-4-5-7-12-16-24)19-27-18-20-13-10-8-11-14-20/h8,10-11,13-14,21H,4-7,9,12,15-19H2,1-3H3,(H,25,26)/t21-/m1/s1. The predicted octanol–water partition coefficient (Wildman–Crippen LogP) is 6.47. The molecule has 0 unspecified atom stereocenters. The Morgan fingerprint density at radius 1 is 1.04 bits per heavy atom. The van der Waals surface area contributed by atoms with E-state index in [0.29, 0.717) is 25.7 Å². The first-order valence-corrected chi connectivity index (χ1v) is 11.7. The normalized spacial score (nSPS) is 12.6. The third-order valence-electron chi connectivity index (χ3n) is 4.40. The molecule has 0 saturated carbocycles. The van der Waals surface area contributed by atoms with Crippen molar-refractivity contribution in [3.63, 3.8) is 0 Å². The number of rotatable bonds is 14. The van der Waals surface area contributed by atoms with Gasteiger partial charge in [0.15, 0.2) is 0 Å². The van der Waals surface area contributed by atoms with Gasteiger partial charge in [0.1, 0.15) is 5.60 Å². The van der Waals surface area contributed by atoms with Gasteiger partial charge in [0, 0.05) is 11.9 Å². The van der Waals surface area contributed by atoms with Gasteiger partial charge in [-0.15, -0.1) is 0 Å². The smallest absolute Gasteiger partial charge is 0.407 e. The van der Waals surface area contributed by atoms with E-state index in [0.717, 1.165) is 11.8 Å². The number of alkyl carbamates (subject to hydrolysis) is 1. The highest BCUT2D eigenvalue weighted by atomic mass is 79.9. The minimum Gasteiger partial charge on any atom is -0.444 e. The minimum absolute atomic E-state index is 0.304. The molecule has 28 heavy (non-hydrogen) atoms. The molecule has 4 nitrogen and oxygen atoms in total. The number of nitrogens with one attached hydrogen (secondary N) is 1. The third-order valence-corrected chi connectivity index (χ3v) is 4.96. The molecular formula is C23H38BrNO3. The molecule has 1 rings (SSSR count). The summed E-state index contributed by atoms with van der Waals surface area (Å²) in [4.78, 5) is 12.0. The van der Waals surface area contributed by atoms with Crippen LogP contribution in [-0.4, -0.2) is 30.2 Å². The van der Waals surface area contributed by atoms with Crippen LogP contribution in [0, 0.1) is 5.92 Å². The van der Waals surface area contributed by atoms with Crippen LogP contribution in [0.25, 0.3) is 0 Å². The van der Waals surface area contributed by atoms with Crippen molar-refractivity contribution in [2.45, 2.75) is 77.9 Å². The second kappa shape index (κ2) is 14.9. The van der Waals surface area contributed by atoms with E-state index < -0.39 is 5.60 Å². The first-order valence-electron chi connectivity index (χ1n) is 10.5. The molecule has 1 aromatic rings. The van der Waals surface area contributed by atoms with Gasteiger partial charge in [-0.05, 0) is 45.1 Å². The average molecular weight is 456 g/mol. The summed E-state index contributed by atoms with van der Waals surface area (Å²) in [6.07, 6.45) is 8.26. The molecule has 0 aliphatic carbocycles. The molecule has 0 bridgehead atoms. The van der Waals surface area contributed by atoms with E-state index in [-0.39, 0.29) is 6.09 Å². The fourth-order valence-corrected chi connectivity index (χ4v) is 3.33. The molecule has 0 radical (unpaired) electrons. The Kier molecular flexibility index (Phi) is 13.3. The molecule has 0 aliphatic rings. The van der Waals surface area contributed by atoms with Gasteiger partial charge in [-0.2, -0.15) is 0 Å². The molecule has 160 valence electrons. The lowest BCUT2D eigenvalue weighted by Crippen LogP contribution is -2.36. The molecule has 0 aliphatic heterocycles. The molecule has 0 spiro atoms. The number of unbranched alkanes of at least 4 members (excludes halogenated alkanes) is 5. The van der Waals surface area contributed by atoms with Crippen molar-refractivity contribution < 1.29 is 14.3 Å². The molecular weight excluding hydrogens is 418 g/mol. The summed E-state index contributed by atoms with van der Waals surface area (Å²) in [7, 11) is 0. The molecule has 0 fully saturated rings. The lowest BCUT2D eigenvalue weighted by molar-refractivity contribution is 0.0479. The van der Waals surface area contributed by atoms with Crippen molar-refractivity contribution in [2.75, 3.05) is 18.5 Å². The van der Waals surface area contributed by atoms with Gasteiger partial charge in [0.05, 0.1) is 13.2 Å². The Labute approximate surface area is 179 Å². The van der Waals surface area contributed by atoms with E-state index in [1.807, 2.05) is 39.0 Å². The van der Waals surface area contributed by atoms with Gasteiger partial charge in [0.2, 0.25) is 0 Å². The van der Waals surface area contributed by atoms with Crippen LogP contribution in [0.4, 0.5) is 4.79 Å². The summed E-state index contributed by atoms with van der Waals surface area (Å²) in [5, 5.41) is 4.01. The number of hydrogen-bond donors (Lipinski definition) is 1. The largest absolute Gasteiger partial charge is 0.444 e. The van der Waals surface area contributed by atoms with Crippen molar-refractivity contribution in [3.8, 4) is 0 Å². The van der Waals surface area contributed by atoms with Crippen LogP contribution in [0.5, 0.6) is 0 Å². The number of halogens is 1. The number of ether oxygens (including phenoxy) is 2. The molecule has 0 saturated heterocycles. The van der Waals surface area contributed by atoms with Crippen LogP contribution in [-0.2, 0) is 16.1 Å². The maximum atomic E-state index is 12.0. The molecule has 1 N–H and O–H groups in total. The molecule has 0 aromatic heterocycles. The van der Waals surface area contributed by atoms with Gasteiger partial charge >= 0.3 is 6.09 Å². The van der Waals surface area contributed by atoms with E-state index >= 15 is 0 Å². The van der Waals surface area contributed by atoms with Crippen molar-refractivity contribution in [3.05, 3.63) is 35.9 Å². The Morgan fingerprint density at radius 2 is 1.68 bits per heavy atom. The van der Waals surface area contributed by atoms with E-state index in [4.69, 9.17) is 9.47 Å². The van der Waals surface area contributed by atoms with Gasteiger partial charge in [-0.1, -0.05) is 78.4 Å². The van der Waals surface area contributed by atoms with Gasteiger partial charge < -0.3 is 14.8 Å². The molecule has 1 aromatic carbocycles. The summed E-state index contributed by atoms with van der Waals surface area (Å²) in [5.74, 6) is 0.304. The number of carbonyl (C=O) groups is 1. The average Bonchev–Trinajstić information content (AvgIpc) is 2.64. The van der Waals surface area contributed by atoms with Crippen molar-refractivity contribution in [1.82, 2.24) is 5.32 Å². The molecule has 1 amide bonds. The number of hydrogen-bond acceptors (Lipinski definition) is 3. The zero-order valence-electron chi connectivity index (χ0n) is 17.8. The number of carbonyl (C=O) groups excluding carboxylic acids is 1. The highest BCUT2D eigenvalue weighted by Gasteiger charge is 2.17. The van der Waals surface area contributed by atoms with E-state index in [9.17, 15) is 4.79 Å². The Hall–Kier alpha value is -1.07. The predicted molar refractivity (Wildman–Crippen MR) is 120 cm³/mol. The summed E-state index contributed by atoms with van der Waals surface area (Å²) >= 11 is 3.48. The van der Waals surface area contributed by atoms with Gasteiger partial charge in [0.25, 0.3) is 0 Å². The Bertz CT molecular complexity index is 516. The van der Waals surface area contributed by atoms with Gasteiger partial charge in [-0.3, -0.25) is 0 Å². The Balaban J connectivity index is 2.34. The first-order chi connectivity index (χ1) is 13.4. The zero-order valence-corrected chi connectivity index (χ0v) is 19.4. The lowest BCUT2D eigenvalue weighted by atomic mass is 10.0. The monoisotopic (exact) mass is 455 g/mol. The summed E-state index contributed by atoms with van der Waals surface area (Å²) in [6.45, 7) is 7.48. The maximum absolute atomic E-state index is 12.0. The van der Waals surface area contributed by atoms with Crippen LogP contribution in [0.3, 0.4) is 0 Å². The third kappa shape index (κ3) is 14.0. The number of benzene rings is 1. The summed E-state index contributed by atoms with van der Waals surface area (Å²) in [5.41, 5.74) is 0.701. The quantitative estimate of drug-likeness (QED) is 0.258. The summed E-state index contributed by atoms with van der Waals surface area (Å²) in [6, 6.07) is 10.2. The van der Waals surface area contributed by atoms with Crippen LogP contribution in [0.15, 0.2) is 30.3 Å². The maximum Gasteiger partial charge on any atom is 0.407 e. The SMILES string of the molecule is CC(C)(C)OC(=O)NC[C@@H](CCCCCCCCBr)COCc1ccccc1. The van der Waals surface area contributed by atoms with Crippen LogP contribution >= 0.6 is 15.9 Å². The number of amides is 1. The van der Waals surface area contributed by atoms with Gasteiger partial charge in [-0.25, -0.2) is 4.79 Å². The van der Waals surface area contributed by atoms with E-state index in [1.54, 1.807) is 0 Å². The Morgan fingerprint density at radius 3 is 2.32 bits per heavy atom. The molecule has 5 heteroatoms. The highest BCUT2D eigenvalue weighted by Crippen LogP contribution is 2.14. The fraction of sp³-hybridized carbons (Fsp3) is 0.696. The van der Waals surface area contributed by atoms with E-state index in [2.05, 4.69) is 33.4 Å². The second-order valence-electron chi connectivity index (χ2n) is 8.35. The lowest BCUT2D eigenvalue weighted by Gasteiger charge is -2.22. The van der Waals surface area contributed by atoms with E-state index in [1.165, 1.54) is 44.1 Å². The zero-order chi connectivity index (χ0) is 20.7.